The largest absolute Gasteiger partial charge is 0.363 e. The molecular weight excluding hydrogens is 568 g/mol. The number of likely N-dealkylation sites (N-methyl/N-ethyl adjacent to an activating group) is 1. The van der Waals surface area contributed by atoms with Gasteiger partial charge >= 0.3 is 6.03 Å². The number of piperazine rings is 1. The zero-order valence-corrected chi connectivity index (χ0v) is 26.1. The molecule has 0 bridgehead atoms. The van der Waals surface area contributed by atoms with Crippen molar-refractivity contribution in [1.82, 2.24) is 34.9 Å². The van der Waals surface area contributed by atoms with E-state index in [0.717, 1.165) is 42.6 Å². The predicted octanol–water partition coefficient (Wildman–Crippen LogP) is 3.35. The Morgan fingerprint density at radius 3 is 2.73 bits per heavy atom. The molecule has 1 unspecified atom stereocenters. The van der Waals surface area contributed by atoms with Crippen molar-refractivity contribution in [3.63, 3.8) is 0 Å². The van der Waals surface area contributed by atoms with Crippen LogP contribution in [0.2, 0.25) is 0 Å². The van der Waals surface area contributed by atoms with Gasteiger partial charge in [-0.25, -0.2) is 4.79 Å². The summed E-state index contributed by atoms with van der Waals surface area (Å²) in [5, 5.41) is 17.3. The number of likely N-dealkylation sites (tertiary alicyclic amines) is 1. The number of rotatable bonds is 7. The highest BCUT2D eigenvalue weighted by molar-refractivity contribution is 5.95. The SMILES string of the molecule is CCOC1(c2cccnc2)C=CC(N2CCN(C(=O)n3ccc4cccc(C#N)c43)C[C@H]2CC)=C(C(=O)N[C@@H]2CCN(C)C2)N1. The second-order valence-electron chi connectivity index (χ2n) is 11.9. The molecule has 45 heavy (non-hydrogen) atoms. The van der Waals surface area contributed by atoms with Gasteiger partial charge in [0.15, 0.2) is 5.72 Å². The summed E-state index contributed by atoms with van der Waals surface area (Å²) in [6.45, 7) is 7.64. The second kappa shape index (κ2) is 12.8. The van der Waals surface area contributed by atoms with Crippen LogP contribution in [0.25, 0.3) is 10.9 Å². The van der Waals surface area contributed by atoms with E-state index < -0.39 is 5.72 Å². The van der Waals surface area contributed by atoms with E-state index in [1.807, 2.05) is 54.3 Å². The van der Waals surface area contributed by atoms with E-state index in [0.29, 0.717) is 43.0 Å². The predicted molar refractivity (Wildman–Crippen MR) is 171 cm³/mol. The molecule has 3 aliphatic heterocycles. The fourth-order valence-corrected chi connectivity index (χ4v) is 6.73. The fraction of sp³-hybridized carbons (Fsp3) is 0.412. The summed E-state index contributed by atoms with van der Waals surface area (Å²) in [5.41, 5.74) is 2.05. The molecule has 3 aliphatic rings. The molecule has 234 valence electrons. The Labute approximate surface area is 263 Å². The third-order valence-corrected chi connectivity index (χ3v) is 9.03. The van der Waals surface area contributed by atoms with Gasteiger partial charge in [0, 0.05) is 74.4 Å². The zero-order valence-electron chi connectivity index (χ0n) is 26.1. The number of pyridine rings is 1. The summed E-state index contributed by atoms with van der Waals surface area (Å²) >= 11 is 0. The number of fused-ring (bicyclic) bond motifs is 1. The number of para-hydroxylation sites is 1. The second-order valence-corrected chi connectivity index (χ2v) is 11.9. The highest BCUT2D eigenvalue weighted by Gasteiger charge is 2.40. The van der Waals surface area contributed by atoms with Gasteiger partial charge in [0.25, 0.3) is 5.91 Å². The highest BCUT2D eigenvalue weighted by Crippen LogP contribution is 2.33. The Kier molecular flexibility index (Phi) is 8.61. The number of allylic oxidation sites excluding steroid dienone is 1. The Balaban J connectivity index is 1.31. The van der Waals surface area contributed by atoms with Gasteiger partial charge in [-0.1, -0.05) is 25.1 Å². The van der Waals surface area contributed by atoms with E-state index in [9.17, 15) is 14.9 Å². The standard InChI is InChI=1S/C34H40N8O3/c1-4-28-23-40(33(44)42-17-12-24-8-6-9-25(20-35)31(24)42)18-19-41(28)29-11-14-34(45-5-2,26-10-7-15-36-21-26)38-30(29)32(43)37-27-13-16-39(3)22-27/h6-12,14-15,17,21,27-28,38H,4-5,13,16,18-19,22-23H2,1-3H3,(H,37,43)/t27-,28-,34?/m1/s1. The van der Waals surface area contributed by atoms with Crippen LogP contribution >= 0.6 is 0 Å². The van der Waals surface area contributed by atoms with E-state index in [1.165, 1.54) is 0 Å². The van der Waals surface area contributed by atoms with Crippen molar-refractivity contribution in [1.29, 1.82) is 5.26 Å². The quantitative estimate of drug-likeness (QED) is 0.419. The number of ether oxygens (including phenoxy) is 1. The van der Waals surface area contributed by atoms with Crippen molar-refractivity contribution < 1.29 is 14.3 Å². The first kappa shape index (κ1) is 30.4. The molecule has 3 aromatic rings. The third-order valence-electron chi connectivity index (χ3n) is 9.03. The molecule has 3 atom stereocenters. The molecule has 2 aromatic heterocycles. The van der Waals surface area contributed by atoms with Crippen molar-refractivity contribution in [3.05, 3.63) is 89.7 Å². The molecule has 1 aromatic carbocycles. The number of nitrogens with one attached hydrogen (secondary N) is 2. The summed E-state index contributed by atoms with van der Waals surface area (Å²) in [6, 6.07) is 13.2. The number of carbonyl (C=O) groups excluding carboxylic acids is 2. The molecule has 0 spiro atoms. The maximum atomic E-state index is 14.1. The van der Waals surface area contributed by atoms with Crippen LogP contribution in [0.4, 0.5) is 4.79 Å². The number of aromatic nitrogens is 2. The summed E-state index contributed by atoms with van der Waals surface area (Å²) in [5.74, 6) is -0.182. The van der Waals surface area contributed by atoms with Crippen LogP contribution in [0.5, 0.6) is 0 Å². The minimum absolute atomic E-state index is 0.0418. The first-order valence-corrected chi connectivity index (χ1v) is 15.7. The molecule has 2 fully saturated rings. The van der Waals surface area contributed by atoms with E-state index in [-0.39, 0.29) is 24.0 Å². The van der Waals surface area contributed by atoms with Gasteiger partial charge in [0.2, 0.25) is 0 Å². The van der Waals surface area contributed by atoms with Crippen LogP contribution in [0.1, 0.15) is 37.8 Å². The van der Waals surface area contributed by atoms with Crippen molar-refractivity contribution in [2.24, 2.45) is 0 Å². The van der Waals surface area contributed by atoms with E-state index in [4.69, 9.17) is 4.74 Å². The summed E-state index contributed by atoms with van der Waals surface area (Å²) < 4.78 is 7.88. The number of benzene rings is 1. The number of hydrogen-bond donors (Lipinski definition) is 2. The number of dihydropyridines is 1. The molecule has 2 N–H and O–H groups in total. The molecule has 0 radical (unpaired) electrons. The van der Waals surface area contributed by atoms with E-state index in [2.05, 4.69) is 45.5 Å². The molecule has 0 saturated carbocycles. The van der Waals surface area contributed by atoms with Crippen LogP contribution in [0.3, 0.4) is 0 Å². The Hall–Kier alpha value is -4.66. The lowest BCUT2D eigenvalue weighted by Gasteiger charge is -2.45. The van der Waals surface area contributed by atoms with Crippen LogP contribution in [-0.2, 0) is 15.3 Å². The number of amides is 2. The molecular formula is C34H40N8O3. The third kappa shape index (κ3) is 5.79. The lowest BCUT2D eigenvalue weighted by Crippen LogP contribution is -2.57. The fourth-order valence-electron chi connectivity index (χ4n) is 6.73. The van der Waals surface area contributed by atoms with Crippen molar-refractivity contribution in [2.45, 2.75) is 44.5 Å². The normalized spacial score (nSPS) is 23.7. The van der Waals surface area contributed by atoms with Crippen molar-refractivity contribution in [2.75, 3.05) is 46.4 Å². The first-order chi connectivity index (χ1) is 21.9. The van der Waals surface area contributed by atoms with E-state index in [1.54, 1.807) is 29.2 Å². The average molecular weight is 609 g/mol. The monoisotopic (exact) mass is 608 g/mol. The summed E-state index contributed by atoms with van der Waals surface area (Å²) in [4.78, 5) is 38.5. The number of carbonyl (C=O) groups is 2. The average Bonchev–Trinajstić information content (AvgIpc) is 3.70. The molecule has 11 heteroatoms. The molecule has 2 saturated heterocycles. The zero-order chi connectivity index (χ0) is 31.6. The Bertz CT molecular complexity index is 1680. The minimum atomic E-state index is -1.06. The van der Waals surface area contributed by atoms with Crippen LogP contribution in [-0.4, -0.2) is 94.7 Å². The Morgan fingerprint density at radius 1 is 1.16 bits per heavy atom. The van der Waals surface area contributed by atoms with Gasteiger partial charge in [-0.05, 0) is 63.7 Å². The molecule has 0 aliphatic carbocycles. The van der Waals surface area contributed by atoms with Crippen molar-refractivity contribution in [3.8, 4) is 6.07 Å². The minimum Gasteiger partial charge on any atom is -0.363 e. The number of nitriles is 1. The summed E-state index contributed by atoms with van der Waals surface area (Å²) in [6.07, 6.45) is 10.8. The van der Waals surface area contributed by atoms with Gasteiger partial charge < -0.3 is 30.1 Å². The van der Waals surface area contributed by atoms with Gasteiger partial charge in [-0.3, -0.25) is 14.3 Å². The maximum Gasteiger partial charge on any atom is 0.328 e. The number of nitrogens with zero attached hydrogens (tertiary/aromatic N) is 6. The topological polar surface area (TPSA) is 119 Å². The van der Waals surface area contributed by atoms with Gasteiger partial charge in [0.05, 0.1) is 16.8 Å². The van der Waals surface area contributed by atoms with Gasteiger partial charge in [-0.2, -0.15) is 5.26 Å². The van der Waals surface area contributed by atoms with Crippen LogP contribution < -0.4 is 10.6 Å². The molecule has 5 heterocycles. The smallest absolute Gasteiger partial charge is 0.328 e. The highest BCUT2D eigenvalue weighted by atomic mass is 16.5. The summed E-state index contributed by atoms with van der Waals surface area (Å²) in [7, 11) is 2.06. The lowest BCUT2D eigenvalue weighted by molar-refractivity contribution is -0.120. The van der Waals surface area contributed by atoms with Crippen molar-refractivity contribution >= 4 is 22.8 Å². The number of hydrogen-bond acceptors (Lipinski definition) is 8. The van der Waals surface area contributed by atoms with Crippen LogP contribution in [0, 0.1) is 11.3 Å². The molecule has 2 amide bonds. The van der Waals surface area contributed by atoms with Crippen LogP contribution in [0.15, 0.2) is 78.5 Å². The van der Waals surface area contributed by atoms with Gasteiger partial charge in [0.1, 0.15) is 11.8 Å². The molecule has 6 rings (SSSR count). The Morgan fingerprint density at radius 2 is 2.02 bits per heavy atom. The van der Waals surface area contributed by atoms with E-state index >= 15 is 0 Å². The van der Waals surface area contributed by atoms with Gasteiger partial charge in [-0.15, -0.1) is 0 Å². The molecule has 11 nitrogen and oxygen atoms in total. The lowest BCUT2D eigenvalue weighted by atomic mass is 9.97. The first-order valence-electron chi connectivity index (χ1n) is 15.7. The maximum absolute atomic E-state index is 14.1.